The highest BCUT2D eigenvalue weighted by Crippen LogP contribution is 2.49. The molecule has 2 bridgehead atoms. The van der Waals surface area contributed by atoms with Crippen LogP contribution in [0.25, 0.3) is 0 Å². The summed E-state index contributed by atoms with van der Waals surface area (Å²) < 4.78 is 38.7. The van der Waals surface area contributed by atoms with Gasteiger partial charge in [-0.1, -0.05) is 6.42 Å². The maximum Gasteiger partial charge on any atom is 0.335 e. The molecule has 4 nitrogen and oxygen atoms in total. The molecule has 0 radical (unpaired) electrons. The molecule has 0 amide bonds. The first-order chi connectivity index (χ1) is 9.87. The van der Waals surface area contributed by atoms with E-state index < -0.39 is 21.6 Å². The van der Waals surface area contributed by atoms with Crippen molar-refractivity contribution in [3.05, 3.63) is 29.6 Å². The van der Waals surface area contributed by atoms with Crippen LogP contribution >= 0.6 is 0 Å². The summed E-state index contributed by atoms with van der Waals surface area (Å²) in [7, 11) is -3.71. The van der Waals surface area contributed by atoms with E-state index in [1.54, 1.807) is 0 Å². The van der Waals surface area contributed by atoms with E-state index in [2.05, 4.69) is 0 Å². The number of sulfone groups is 1. The Balaban J connectivity index is 1.83. The fourth-order valence-corrected chi connectivity index (χ4v) is 5.62. The Morgan fingerprint density at radius 3 is 2.57 bits per heavy atom. The average molecular weight is 312 g/mol. The number of carbonyl (C=O) groups is 1. The van der Waals surface area contributed by atoms with Crippen molar-refractivity contribution in [3.8, 4) is 0 Å². The molecular weight excluding hydrogens is 295 g/mol. The summed E-state index contributed by atoms with van der Waals surface area (Å²) in [6.07, 6.45) is 4.27. The normalized spacial score (nSPS) is 28.0. The molecule has 3 unspecified atom stereocenters. The van der Waals surface area contributed by atoms with Gasteiger partial charge in [-0.2, -0.15) is 0 Å². The van der Waals surface area contributed by atoms with Gasteiger partial charge in [0.15, 0.2) is 9.84 Å². The first-order valence-corrected chi connectivity index (χ1v) is 8.77. The van der Waals surface area contributed by atoms with Gasteiger partial charge >= 0.3 is 5.97 Å². The predicted octanol–water partition coefficient (Wildman–Crippen LogP) is 2.73. The van der Waals surface area contributed by atoms with Crippen LogP contribution in [0, 0.1) is 23.6 Å². The number of halogens is 1. The average Bonchev–Trinajstić information content (AvgIpc) is 2.99. The lowest BCUT2D eigenvalue weighted by Crippen LogP contribution is -2.22. The topological polar surface area (TPSA) is 71.4 Å². The van der Waals surface area contributed by atoms with E-state index in [4.69, 9.17) is 5.11 Å². The molecule has 2 fully saturated rings. The van der Waals surface area contributed by atoms with Gasteiger partial charge in [0.1, 0.15) is 10.7 Å². The molecule has 21 heavy (non-hydrogen) atoms. The molecule has 114 valence electrons. The van der Waals surface area contributed by atoms with Crippen LogP contribution < -0.4 is 0 Å². The number of benzene rings is 1. The van der Waals surface area contributed by atoms with Crippen LogP contribution in [-0.2, 0) is 9.84 Å². The van der Waals surface area contributed by atoms with Crippen LogP contribution in [0.15, 0.2) is 23.1 Å². The SMILES string of the molecule is O=C(O)c1ccc(S(=O)(=O)CC2CC3CCC2C3)c(F)c1. The van der Waals surface area contributed by atoms with Gasteiger partial charge in [-0.3, -0.25) is 0 Å². The predicted molar refractivity (Wildman–Crippen MR) is 74.4 cm³/mol. The van der Waals surface area contributed by atoms with Crippen LogP contribution in [0.3, 0.4) is 0 Å². The number of hydrogen-bond acceptors (Lipinski definition) is 3. The first-order valence-electron chi connectivity index (χ1n) is 7.12. The number of hydrogen-bond donors (Lipinski definition) is 1. The van der Waals surface area contributed by atoms with Crippen molar-refractivity contribution in [2.24, 2.45) is 17.8 Å². The van der Waals surface area contributed by atoms with Gasteiger partial charge in [0.05, 0.1) is 11.3 Å². The van der Waals surface area contributed by atoms with Gasteiger partial charge in [0, 0.05) is 0 Å². The first kappa shape index (κ1) is 14.5. The molecule has 2 aliphatic rings. The van der Waals surface area contributed by atoms with Crippen LogP contribution in [-0.4, -0.2) is 25.2 Å². The van der Waals surface area contributed by atoms with Crippen molar-refractivity contribution < 1.29 is 22.7 Å². The molecule has 3 atom stereocenters. The van der Waals surface area contributed by atoms with Crippen LogP contribution in [0.5, 0.6) is 0 Å². The largest absolute Gasteiger partial charge is 0.478 e. The summed E-state index contributed by atoms with van der Waals surface area (Å²) in [6, 6.07) is 2.98. The second kappa shape index (κ2) is 5.09. The zero-order valence-electron chi connectivity index (χ0n) is 11.5. The molecular formula is C15H17FO4S. The van der Waals surface area contributed by atoms with Crippen LogP contribution in [0.2, 0.25) is 0 Å². The van der Waals surface area contributed by atoms with Crippen molar-refractivity contribution in [1.29, 1.82) is 0 Å². The lowest BCUT2D eigenvalue weighted by molar-refractivity contribution is 0.0696. The molecule has 0 heterocycles. The molecule has 0 spiro atoms. The standard InChI is InChI=1S/C15H17FO4S/c16-13-7-11(15(17)18)3-4-14(13)21(19,20)8-12-6-9-1-2-10(12)5-9/h3-4,7,9-10,12H,1-2,5-6,8H2,(H,17,18). The molecule has 0 aliphatic heterocycles. The zero-order chi connectivity index (χ0) is 15.2. The molecule has 0 aromatic heterocycles. The minimum Gasteiger partial charge on any atom is -0.478 e. The van der Waals surface area contributed by atoms with E-state index in [0.29, 0.717) is 11.8 Å². The van der Waals surface area contributed by atoms with Crippen molar-refractivity contribution in [2.75, 3.05) is 5.75 Å². The number of aromatic carboxylic acids is 1. The van der Waals surface area contributed by atoms with Crippen molar-refractivity contribution >= 4 is 15.8 Å². The molecule has 0 saturated heterocycles. The smallest absolute Gasteiger partial charge is 0.335 e. The third-order valence-corrected chi connectivity index (χ3v) is 6.70. The van der Waals surface area contributed by atoms with E-state index >= 15 is 0 Å². The molecule has 1 N–H and O–H groups in total. The van der Waals surface area contributed by atoms with E-state index in [0.717, 1.165) is 37.5 Å². The Labute approximate surface area is 122 Å². The summed E-state index contributed by atoms with van der Waals surface area (Å²) in [6.45, 7) is 0. The molecule has 1 aromatic carbocycles. The summed E-state index contributed by atoms with van der Waals surface area (Å²) in [5.74, 6) is -1.07. The summed E-state index contributed by atoms with van der Waals surface area (Å²) >= 11 is 0. The Hall–Kier alpha value is -1.43. The minimum atomic E-state index is -3.71. The summed E-state index contributed by atoms with van der Waals surface area (Å²) in [4.78, 5) is 10.4. The third kappa shape index (κ3) is 2.69. The highest BCUT2D eigenvalue weighted by atomic mass is 32.2. The molecule has 3 rings (SSSR count). The van der Waals surface area contributed by atoms with Crippen molar-refractivity contribution in [3.63, 3.8) is 0 Å². The molecule has 6 heteroatoms. The van der Waals surface area contributed by atoms with Crippen molar-refractivity contribution in [1.82, 2.24) is 0 Å². The van der Waals surface area contributed by atoms with Gasteiger partial charge in [0.2, 0.25) is 0 Å². The molecule has 2 aliphatic carbocycles. The van der Waals surface area contributed by atoms with Gasteiger partial charge in [0.25, 0.3) is 0 Å². The third-order valence-electron chi connectivity index (χ3n) is 4.83. The van der Waals surface area contributed by atoms with Gasteiger partial charge in [-0.25, -0.2) is 17.6 Å². The van der Waals surface area contributed by atoms with Crippen LogP contribution in [0.4, 0.5) is 4.39 Å². The van der Waals surface area contributed by atoms with Crippen molar-refractivity contribution in [2.45, 2.75) is 30.6 Å². The fraction of sp³-hybridized carbons (Fsp3) is 0.533. The maximum atomic E-state index is 13.9. The van der Waals surface area contributed by atoms with E-state index in [1.165, 1.54) is 6.42 Å². The Morgan fingerprint density at radius 1 is 1.29 bits per heavy atom. The van der Waals surface area contributed by atoms with Gasteiger partial charge < -0.3 is 5.11 Å². The highest BCUT2D eigenvalue weighted by Gasteiger charge is 2.41. The van der Waals surface area contributed by atoms with E-state index in [1.807, 2.05) is 0 Å². The number of fused-ring (bicyclic) bond motifs is 2. The summed E-state index contributed by atoms with van der Waals surface area (Å²) in [5, 5.41) is 8.79. The second-order valence-corrected chi connectivity index (χ2v) is 8.17. The minimum absolute atomic E-state index is 0.0303. The molecule has 1 aromatic rings. The number of carboxylic acid groups (broad SMARTS) is 1. The highest BCUT2D eigenvalue weighted by molar-refractivity contribution is 7.91. The Kier molecular flexibility index (Phi) is 3.51. The lowest BCUT2D eigenvalue weighted by Gasteiger charge is -2.21. The van der Waals surface area contributed by atoms with Gasteiger partial charge in [-0.15, -0.1) is 0 Å². The van der Waals surface area contributed by atoms with E-state index in [9.17, 15) is 17.6 Å². The fourth-order valence-electron chi connectivity index (χ4n) is 3.84. The lowest BCUT2D eigenvalue weighted by atomic mass is 9.90. The Bertz CT molecular complexity index is 683. The quantitative estimate of drug-likeness (QED) is 0.928. The molecule has 2 saturated carbocycles. The number of rotatable bonds is 4. The number of carboxylic acids is 1. The monoisotopic (exact) mass is 312 g/mol. The van der Waals surface area contributed by atoms with E-state index in [-0.39, 0.29) is 22.1 Å². The maximum absolute atomic E-state index is 13.9. The van der Waals surface area contributed by atoms with Gasteiger partial charge in [-0.05, 0) is 55.2 Å². The summed E-state index contributed by atoms with van der Waals surface area (Å²) in [5.41, 5.74) is -0.244. The van der Waals surface area contributed by atoms with Crippen LogP contribution in [0.1, 0.15) is 36.0 Å². The zero-order valence-corrected chi connectivity index (χ0v) is 12.3. The second-order valence-electron chi connectivity index (χ2n) is 6.17. The Morgan fingerprint density at radius 2 is 2.05 bits per heavy atom.